The lowest BCUT2D eigenvalue weighted by Crippen LogP contribution is -2.48. The van der Waals surface area contributed by atoms with E-state index in [-0.39, 0.29) is 29.2 Å². The Morgan fingerprint density at radius 2 is 2.00 bits per heavy atom. The summed E-state index contributed by atoms with van der Waals surface area (Å²) >= 11 is 0. The lowest BCUT2D eigenvalue weighted by Gasteiger charge is -2.43. The zero-order valence-corrected chi connectivity index (χ0v) is 16.2. The number of nitrogens with one attached hydrogen (secondary N) is 1. The van der Waals surface area contributed by atoms with E-state index >= 15 is 0 Å². The summed E-state index contributed by atoms with van der Waals surface area (Å²) in [7, 11) is 0. The van der Waals surface area contributed by atoms with Crippen LogP contribution < -0.4 is 5.76 Å². The molecular formula is C21H25N3O4. The van der Waals surface area contributed by atoms with Crippen LogP contribution in [0.1, 0.15) is 43.5 Å². The van der Waals surface area contributed by atoms with Gasteiger partial charge in [0.1, 0.15) is 0 Å². The molecule has 0 radical (unpaired) electrons. The van der Waals surface area contributed by atoms with Crippen LogP contribution in [0.25, 0.3) is 11.1 Å². The number of amides is 2. The van der Waals surface area contributed by atoms with E-state index in [1.54, 1.807) is 18.2 Å². The number of hydrogen-bond donors (Lipinski definition) is 1. The molecule has 3 fully saturated rings. The van der Waals surface area contributed by atoms with Crippen molar-refractivity contribution < 1.29 is 14.0 Å². The molecule has 1 aromatic heterocycles. The fraction of sp³-hybridized carbons (Fsp3) is 0.571. The standard InChI is InChI=1S/C21H25N3O4/c1-21(2)8-13(9-21)18(25)24-7-6-12-10-23(11-15(12)24)19(26)14-4-3-5-16-17(14)22-20(27)28-16/h3-5,12-13,15H,6-11H2,1-2H3,(H,22,27)/t12-,15+/m1/s1. The largest absolute Gasteiger partial charge is 0.417 e. The minimum Gasteiger partial charge on any atom is -0.408 e. The molecule has 3 aliphatic rings. The number of aromatic amines is 1. The molecule has 7 heteroatoms. The Morgan fingerprint density at radius 1 is 1.21 bits per heavy atom. The molecule has 5 rings (SSSR count). The molecule has 1 saturated carbocycles. The Bertz CT molecular complexity index is 1010. The number of hydrogen-bond acceptors (Lipinski definition) is 4. The third-order valence-corrected chi connectivity index (χ3v) is 6.75. The number of nitrogens with zero attached hydrogens (tertiary/aromatic N) is 2. The number of para-hydroxylation sites is 1. The van der Waals surface area contributed by atoms with Crippen LogP contribution >= 0.6 is 0 Å². The number of aromatic nitrogens is 1. The van der Waals surface area contributed by atoms with Gasteiger partial charge >= 0.3 is 5.76 Å². The molecule has 2 atom stereocenters. The summed E-state index contributed by atoms with van der Waals surface area (Å²) in [5.74, 6) is 0.0668. The van der Waals surface area contributed by atoms with Gasteiger partial charge in [0.05, 0.1) is 17.1 Å². The van der Waals surface area contributed by atoms with Crippen LogP contribution in [0.5, 0.6) is 0 Å². The fourth-order valence-electron chi connectivity index (χ4n) is 5.41. The van der Waals surface area contributed by atoms with E-state index in [1.165, 1.54) is 0 Å². The van der Waals surface area contributed by atoms with Gasteiger partial charge in [0.2, 0.25) is 5.91 Å². The van der Waals surface area contributed by atoms with Crippen LogP contribution in [-0.2, 0) is 4.79 Å². The second kappa shape index (κ2) is 5.96. The number of carbonyl (C=O) groups is 2. The third kappa shape index (κ3) is 2.67. The quantitative estimate of drug-likeness (QED) is 0.862. The molecule has 148 valence electrons. The molecule has 0 unspecified atom stereocenters. The van der Waals surface area contributed by atoms with Crippen molar-refractivity contribution in [3.8, 4) is 0 Å². The van der Waals surface area contributed by atoms with Gasteiger partial charge in [0, 0.05) is 31.5 Å². The summed E-state index contributed by atoms with van der Waals surface area (Å²) in [6.45, 7) is 6.43. The molecule has 2 saturated heterocycles. The molecule has 1 aliphatic carbocycles. The van der Waals surface area contributed by atoms with Gasteiger partial charge in [-0.05, 0) is 36.8 Å². The molecule has 1 N–H and O–H groups in total. The molecule has 1 aromatic carbocycles. The lowest BCUT2D eigenvalue weighted by molar-refractivity contribution is -0.143. The van der Waals surface area contributed by atoms with Gasteiger partial charge in [0.25, 0.3) is 5.91 Å². The van der Waals surface area contributed by atoms with Gasteiger partial charge in [-0.2, -0.15) is 0 Å². The van der Waals surface area contributed by atoms with Crippen molar-refractivity contribution in [2.45, 2.75) is 39.2 Å². The average Bonchev–Trinajstić information content (AvgIpc) is 3.30. The van der Waals surface area contributed by atoms with Crippen molar-refractivity contribution >= 4 is 22.9 Å². The molecule has 7 nitrogen and oxygen atoms in total. The van der Waals surface area contributed by atoms with Crippen molar-refractivity contribution in [1.82, 2.24) is 14.8 Å². The first-order valence-electron chi connectivity index (χ1n) is 10.0. The van der Waals surface area contributed by atoms with E-state index in [1.807, 2.05) is 9.80 Å². The molecule has 2 amide bonds. The minimum atomic E-state index is -0.561. The predicted octanol–water partition coefficient (Wildman–Crippen LogP) is 2.23. The average molecular weight is 383 g/mol. The smallest absolute Gasteiger partial charge is 0.408 e. The second-order valence-corrected chi connectivity index (χ2v) is 9.32. The Kier molecular flexibility index (Phi) is 3.73. The topological polar surface area (TPSA) is 86.6 Å². The highest BCUT2D eigenvalue weighted by molar-refractivity contribution is 6.04. The summed E-state index contributed by atoms with van der Waals surface area (Å²) in [5, 5.41) is 0. The van der Waals surface area contributed by atoms with E-state index in [9.17, 15) is 14.4 Å². The van der Waals surface area contributed by atoms with Crippen molar-refractivity contribution in [2.75, 3.05) is 19.6 Å². The number of benzene rings is 1. The third-order valence-electron chi connectivity index (χ3n) is 6.75. The molecular weight excluding hydrogens is 358 g/mol. The van der Waals surface area contributed by atoms with Crippen LogP contribution in [0.4, 0.5) is 0 Å². The molecule has 3 heterocycles. The van der Waals surface area contributed by atoms with Gasteiger partial charge in [0.15, 0.2) is 5.58 Å². The van der Waals surface area contributed by atoms with Gasteiger partial charge in [-0.25, -0.2) is 4.79 Å². The van der Waals surface area contributed by atoms with Crippen LogP contribution in [-0.4, -0.2) is 52.3 Å². The number of likely N-dealkylation sites (tertiary alicyclic amines) is 2. The normalized spacial score (nSPS) is 26.5. The second-order valence-electron chi connectivity index (χ2n) is 9.32. The molecule has 0 spiro atoms. The summed E-state index contributed by atoms with van der Waals surface area (Å²) in [6.07, 6.45) is 2.86. The fourth-order valence-corrected chi connectivity index (χ4v) is 5.41. The summed E-state index contributed by atoms with van der Waals surface area (Å²) in [5.41, 5.74) is 1.55. The molecule has 0 bridgehead atoms. The SMILES string of the molecule is CC1(C)CC(C(=O)N2CC[C@@H]3CN(C(=O)c4cccc5oc(=O)[nH]c45)C[C@@H]32)C1. The highest BCUT2D eigenvalue weighted by Gasteiger charge is 2.49. The van der Waals surface area contributed by atoms with Crippen molar-refractivity contribution in [3.05, 3.63) is 34.3 Å². The van der Waals surface area contributed by atoms with Crippen LogP contribution in [0.2, 0.25) is 0 Å². The van der Waals surface area contributed by atoms with Gasteiger partial charge in [-0.1, -0.05) is 19.9 Å². The van der Waals surface area contributed by atoms with Crippen molar-refractivity contribution in [1.29, 1.82) is 0 Å². The van der Waals surface area contributed by atoms with Crippen LogP contribution in [0, 0.1) is 17.3 Å². The minimum absolute atomic E-state index is 0.114. The first kappa shape index (κ1) is 17.5. The van der Waals surface area contributed by atoms with Gasteiger partial charge < -0.3 is 14.2 Å². The number of carbonyl (C=O) groups excluding carboxylic acids is 2. The molecule has 2 aromatic rings. The maximum Gasteiger partial charge on any atom is 0.417 e. The maximum atomic E-state index is 13.1. The van der Waals surface area contributed by atoms with Crippen LogP contribution in [0.3, 0.4) is 0 Å². The van der Waals surface area contributed by atoms with E-state index in [0.29, 0.717) is 35.7 Å². The molecule has 28 heavy (non-hydrogen) atoms. The lowest BCUT2D eigenvalue weighted by atomic mass is 9.64. The van der Waals surface area contributed by atoms with E-state index in [0.717, 1.165) is 25.8 Å². The van der Waals surface area contributed by atoms with Gasteiger partial charge in [-0.3, -0.25) is 14.6 Å². The molecule has 2 aliphatic heterocycles. The van der Waals surface area contributed by atoms with E-state index in [2.05, 4.69) is 18.8 Å². The number of fused-ring (bicyclic) bond motifs is 2. The Hall–Kier alpha value is -2.57. The van der Waals surface area contributed by atoms with Crippen molar-refractivity contribution in [2.24, 2.45) is 17.3 Å². The summed E-state index contributed by atoms with van der Waals surface area (Å²) < 4.78 is 5.07. The van der Waals surface area contributed by atoms with Crippen molar-refractivity contribution in [3.63, 3.8) is 0 Å². The number of H-pyrrole nitrogens is 1. The Balaban J connectivity index is 1.33. The number of rotatable bonds is 2. The van der Waals surface area contributed by atoms with Crippen LogP contribution in [0.15, 0.2) is 27.4 Å². The van der Waals surface area contributed by atoms with E-state index in [4.69, 9.17) is 4.42 Å². The summed E-state index contributed by atoms with van der Waals surface area (Å²) in [6, 6.07) is 5.22. The zero-order valence-electron chi connectivity index (χ0n) is 16.2. The first-order valence-corrected chi connectivity index (χ1v) is 10.0. The zero-order chi connectivity index (χ0) is 19.6. The maximum absolute atomic E-state index is 13.1. The van der Waals surface area contributed by atoms with E-state index < -0.39 is 5.76 Å². The highest BCUT2D eigenvalue weighted by atomic mass is 16.4. The Labute approximate surface area is 162 Å². The highest BCUT2D eigenvalue weighted by Crippen LogP contribution is 2.46. The summed E-state index contributed by atoms with van der Waals surface area (Å²) in [4.78, 5) is 44.0. The Morgan fingerprint density at radius 3 is 2.75 bits per heavy atom. The number of oxazole rings is 1. The van der Waals surface area contributed by atoms with Gasteiger partial charge in [-0.15, -0.1) is 0 Å². The predicted molar refractivity (Wildman–Crippen MR) is 103 cm³/mol. The first-order chi connectivity index (χ1) is 13.3. The monoisotopic (exact) mass is 383 g/mol.